The number of hydrogen-bond donors (Lipinski definition) is 1. The number of carboxylic acid groups (broad SMARTS) is 1. The molecular formula is C9H17NO4. The van der Waals surface area contributed by atoms with Crippen LogP contribution in [0.1, 0.15) is 20.3 Å². The van der Waals surface area contributed by atoms with E-state index in [1.165, 1.54) is 12.0 Å². The van der Waals surface area contributed by atoms with Crippen molar-refractivity contribution >= 4 is 11.9 Å². The molecule has 0 bridgehead atoms. The fraction of sp³-hybridized carbons (Fsp3) is 0.778. The molecule has 14 heavy (non-hydrogen) atoms. The lowest BCUT2D eigenvalue weighted by Crippen LogP contribution is -2.41. The quantitative estimate of drug-likeness (QED) is 0.676. The van der Waals surface area contributed by atoms with E-state index in [2.05, 4.69) is 0 Å². The fourth-order valence-electron chi connectivity index (χ4n) is 1.04. The number of amides is 1. The molecule has 0 saturated carbocycles. The van der Waals surface area contributed by atoms with Crippen molar-refractivity contribution in [2.45, 2.75) is 26.3 Å². The molecule has 5 nitrogen and oxygen atoms in total. The minimum atomic E-state index is -0.996. The molecule has 0 aliphatic rings. The van der Waals surface area contributed by atoms with Gasteiger partial charge in [-0.3, -0.25) is 9.59 Å². The molecule has 0 aliphatic carbocycles. The number of carboxylic acids is 1. The Morgan fingerprint density at radius 1 is 1.43 bits per heavy atom. The zero-order chi connectivity index (χ0) is 11.1. The lowest BCUT2D eigenvalue weighted by atomic mass is 10.2. The maximum atomic E-state index is 11.5. The molecule has 0 aromatic rings. The van der Waals surface area contributed by atoms with E-state index in [0.29, 0.717) is 6.61 Å². The first kappa shape index (κ1) is 12.9. The SMILES string of the molecule is COCCC(=O)N(CC(=O)O)C(C)C. The van der Waals surface area contributed by atoms with E-state index >= 15 is 0 Å². The summed E-state index contributed by atoms with van der Waals surface area (Å²) < 4.78 is 4.75. The monoisotopic (exact) mass is 203 g/mol. The highest BCUT2D eigenvalue weighted by Gasteiger charge is 2.18. The van der Waals surface area contributed by atoms with Crippen molar-refractivity contribution in [2.75, 3.05) is 20.3 Å². The van der Waals surface area contributed by atoms with E-state index < -0.39 is 5.97 Å². The number of ether oxygens (including phenoxy) is 1. The molecule has 0 radical (unpaired) electrons. The third-order valence-corrected chi connectivity index (χ3v) is 1.77. The highest BCUT2D eigenvalue weighted by Crippen LogP contribution is 2.01. The molecular weight excluding hydrogens is 186 g/mol. The Hall–Kier alpha value is -1.10. The van der Waals surface area contributed by atoms with Crippen LogP contribution in [-0.4, -0.2) is 48.2 Å². The summed E-state index contributed by atoms with van der Waals surface area (Å²) in [7, 11) is 1.50. The van der Waals surface area contributed by atoms with Gasteiger partial charge in [-0.15, -0.1) is 0 Å². The first-order chi connectivity index (χ1) is 6.49. The lowest BCUT2D eigenvalue weighted by Gasteiger charge is -2.24. The summed E-state index contributed by atoms with van der Waals surface area (Å²) in [6, 6.07) is -0.101. The molecule has 0 atom stereocenters. The molecule has 0 saturated heterocycles. The number of methoxy groups -OCH3 is 1. The average molecular weight is 203 g/mol. The Kier molecular flexibility index (Phi) is 5.87. The molecule has 0 fully saturated rings. The van der Waals surface area contributed by atoms with Gasteiger partial charge in [0, 0.05) is 13.2 Å². The van der Waals surface area contributed by atoms with Gasteiger partial charge < -0.3 is 14.7 Å². The number of carbonyl (C=O) groups is 2. The van der Waals surface area contributed by atoms with Crippen LogP contribution in [-0.2, 0) is 14.3 Å². The summed E-state index contributed by atoms with van der Waals surface area (Å²) in [6.45, 7) is 3.64. The zero-order valence-electron chi connectivity index (χ0n) is 8.82. The van der Waals surface area contributed by atoms with Crippen molar-refractivity contribution in [3.63, 3.8) is 0 Å². The van der Waals surface area contributed by atoms with Crippen LogP contribution in [0.3, 0.4) is 0 Å². The number of rotatable bonds is 6. The van der Waals surface area contributed by atoms with Crippen LogP contribution in [0.25, 0.3) is 0 Å². The van der Waals surface area contributed by atoms with Gasteiger partial charge in [0.05, 0.1) is 13.0 Å². The second kappa shape index (κ2) is 6.37. The van der Waals surface area contributed by atoms with E-state index in [4.69, 9.17) is 9.84 Å². The molecule has 5 heteroatoms. The first-order valence-corrected chi connectivity index (χ1v) is 4.49. The van der Waals surface area contributed by atoms with E-state index in [1.54, 1.807) is 13.8 Å². The van der Waals surface area contributed by atoms with Gasteiger partial charge in [0.1, 0.15) is 6.54 Å². The van der Waals surface area contributed by atoms with Gasteiger partial charge in [0.2, 0.25) is 5.91 Å². The van der Waals surface area contributed by atoms with Gasteiger partial charge in [-0.05, 0) is 13.8 Å². The number of nitrogens with zero attached hydrogens (tertiary/aromatic N) is 1. The van der Waals surface area contributed by atoms with Gasteiger partial charge in [-0.2, -0.15) is 0 Å². The Balaban J connectivity index is 4.19. The normalized spacial score (nSPS) is 10.3. The lowest BCUT2D eigenvalue weighted by molar-refractivity contribution is -0.146. The number of carbonyl (C=O) groups excluding carboxylic acids is 1. The standard InChI is InChI=1S/C9H17NO4/c1-7(2)10(6-9(12)13)8(11)4-5-14-3/h7H,4-6H2,1-3H3,(H,12,13). The molecule has 0 spiro atoms. The molecule has 82 valence electrons. The molecule has 0 heterocycles. The largest absolute Gasteiger partial charge is 0.480 e. The van der Waals surface area contributed by atoms with Crippen molar-refractivity contribution < 1.29 is 19.4 Å². The second-order valence-corrected chi connectivity index (χ2v) is 3.25. The van der Waals surface area contributed by atoms with Crippen LogP contribution in [0.15, 0.2) is 0 Å². The van der Waals surface area contributed by atoms with Crippen molar-refractivity contribution in [3.05, 3.63) is 0 Å². The van der Waals surface area contributed by atoms with Gasteiger partial charge >= 0.3 is 5.97 Å². The molecule has 0 rings (SSSR count). The van der Waals surface area contributed by atoms with Gasteiger partial charge in [-0.1, -0.05) is 0 Å². The summed E-state index contributed by atoms with van der Waals surface area (Å²) >= 11 is 0. The summed E-state index contributed by atoms with van der Waals surface area (Å²) in [5.74, 6) is -1.19. The second-order valence-electron chi connectivity index (χ2n) is 3.25. The minimum Gasteiger partial charge on any atom is -0.480 e. The van der Waals surface area contributed by atoms with Crippen LogP contribution in [0.2, 0.25) is 0 Å². The van der Waals surface area contributed by atoms with E-state index in [-0.39, 0.29) is 24.9 Å². The maximum absolute atomic E-state index is 11.5. The highest BCUT2D eigenvalue weighted by molar-refractivity contribution is 5.81. The zero-order valence-corrected chi connectivity index (χ0v) is 8.82. The van der Waals surface area contributed by atoms with Crippen LogP contribution in [0.4, 0.5) is 0 Å². The molecule has 0 aliphatic heterocycles. The van der Waals surface area contributed by atoms with Crippen molar-refractivity contribution in [3.8, 4) is 0 Å². The molecule has 1 N–H and O–H groups in total. The Morgan fingerprint density at radius 3 is 2.36 bits per heavy atom. The van der Waals surface area contributed by atoms with Crippen molar-refractivity contribution in [1.82, 2.24) is 4.90 Å². The molecule has 0 unspecified atom stereocenters. The first-order valence-electron chi connectivity index (χ1n) is 4.49. The fourth-order valence-corrected chi connectivity index (χ4v) is 1.04. The van der Waals surface area contributed by atoms with Gasteiger partial charge in [0.15, 0.2) is 0 Å². The Labute approximate surface area is 83.6 Å². The topological polar surface area (TPSA) is 66.8 Å². The summed E-state index contributed by atoms with van der Waals surface area (Å²) in [6.07, 6.45) is 0.224. The van der Waals surface area contributed by atoms with Crippen molar-refractivity contribution in [1.29, 1.82) is 0 Å². The van der Waals surface area contributed by atoms with Crippen LogP contribution >= 0.6 is 0 Å². The highest BCUT2D eigenvalue weighted by atomic mass is 16.5. The smallest absolute Gasteiger partial charge is 0.323 e. The summed E-state index contributed by atoms with van der Waals surface area (Å²) in [4.78, 5) is 23.2. The van der Waals surface area contributed by atoms with E-state index in [0.717, 1.165) is 0 Å². The van der Waals surface area contributed by atoms with Crippen LogP contribution in [0.5, 0.6) is 0 Å². The van der Waals surface area contributed by atoms with Gasteiger partial charge in [-0.25, -0.2) is 0 Å². The number of hydrogen-bond acceptors (Lipinski definition) is 3. The number of aliphatic carboxylic acids is 1. The summed E-state index contributed by atoms with van der Waals surface area (Å²) in [5.41, 5.74) is 0. The third kappa shape index (κ3) is 4.81. The van der Waals surface area contributed by atoms with Crippen LogP contribution < -0.4 is 0 Å². The molecule has 0 aromatic carbocycles. The predicted octanol–water partition coefficient (Wildman–Crippen LogP) is 0.345. The average Bonchev–Trinajstić information content (AvgIpc) is 2.09. The molecule has 1 amide bonds. The molecule has 0 aromatic heterocycles. The van der Waals surface area contributed by atoms with E-state index in [9.17, 15) is 9.59 Å². The van der Waals surface area contributed by atoms with E-state index in [1.807, 2.05) is 0 Å². The maximum Gasteiger partial charge on any atom is 0.323 e. The minimum absolute atomic E-state index is 0.101. The Bertz CT molecular complexity index is 203. The predicted molar refractivity (Wildman–Crippen MR) is 51.0 cm³/mol. The van der Waals surface area contributed by atoms with Gasteiger partial charge in [0.25, 0.3) is 0 Å². The third-order valence-electron chi connectivity index (χ3n) is 1.77. The van der Waals surface area contributed by atoms with Crippen LogP contribution in [0, 0.1) is 0 Å². The Morgan fingerprint density at radius 2 is 2.00 bits per heavy atom. The summed E-state index contributed by atoms with van der Waals surface area (Å²) in [5, 5.41) is 8.58. The van der Waals surface area contributed by atoms with Crippen molar-refractivity contribution in [2.24, 2.45) is 0 Å².